The summed E-state index contributed by atoms with van der Waals surface area (Å²) in [5.74, 6) is 0.876. The third-order valence-corrected chi connectivity index (χ3v) is 6.14. The van der Waals surface area contributed by atoms with E-state index in [1.807, 2.05) is 0 Å². The number of esters is 1. The predicted molar refractivity (Wildman–Crippen MR) is 101 cm³/mol. The quantitative estimate of drug-likeness (QED) is 0.598. The summed E-state index contributed by atoms with van der Waals surface area (Å²) < 4.78 is 4.71. The van der Waals surface area contributed by atoms with Crippen LogP contribution in [0, 0.1) is 11.8 Å². The van der Waals surface area contributed by atoms with Gasteiger partial charge in [0, 0.05) is 13.1 Å². The summed E-state index contributed by atoms with van der Waals surface area (Å²) in [6.45, 7) is 5.90. The Morgan fingerprint density at radius 1 is 0.885 bits per heavy atom. The second-order valence-corrected chi connectivity index (χ2v) is 7.97. The molecule has 6 nitrogen and oxygen atoms in total. The number of carbonyl (C=O) groups is 2. The lowest BCUT2D eigenvalue weighted by Gasteiger charge is -2.33. The Morgan fingerprint density at radius 2 is 1.35 bits per heavy atom. The molecule has 150 valence electrons. The van der Waals surface area contributed by atoms with Gasteiger partial charge in [-0.25, -0.2) is 0 Å². The molecular weight excluding hydrogens is 332 g/mol. The third-order valence-electron chi connectivity index (χ3n) is 6.14. The van der Waals surface area contributed by atoms with Crippen molar-refractivity contribution < 1.29 is 19.4 Å². The molecule has 0 amide bonds. The molecular formula is C20H36N2O4. The molecule has 26 heavy (non-hydrogen) atoms. The SMILES string of the molecule is COC(=O)CCN1CCC(CCCC2CCN(CCC(=O)O)CC2)CC1. The van der Waals surface area contributed by atoms with Crippen molar-refractivity contribution in [2.24, 2.45) is 11.8 Å². The molecule has 0 aromatic rings. The van der Waals surface area contributed by atoms with E-state index in [0.717, 1.165) is 44.6 Å². The van der Waals surface area contributed by atoms with E-state index in [4.69, 9.17) is 9.84 Å². The maximum Gasteiger partial charge on any atom is 0.306 e. The highest BCUT2D eigenvalue weighted by Gasteiger charge is 2.22. The Labute approximate surface area is 157 Å². The number of ether oxygens (including phenoxy) is 1. The molecule has 1 N–H and O–H groups in total. The molecule has 0 atom stereocenters. The highest BCUT2D eigenvalue weighted by atomic mass is 16.5. The van der Waals surface area contributed by atoms with Gasteiger partial charge in [0.2, 0.25) is 0 Å². The van der Waals surface area contributed by atoms with Gasteiger partial charge in [-0.2, -0.15) is 0 Å². The highest BCUT2D eigenvalue weighted by molar-refractivity contribution is 5.69. The lowest BCUT2D eigenvalue weighted by molar-refractivity contribution is -0.141. The van der Waals surface area contributed by atoms with Gasteiger partial charge < -0.3 is 19.6 Å². The average molecular weight is 369 g/mol. The summed E-state index contributed by atoms with van der Waals surface area (Å²) in [6, 6.07) is 0. The maximum atomic E-state index is 11.2. The van der Waals surface area contributed by atoms with E-state index < -0.39 is 5.97 Å². The van der Waals surface area contributed by atoms with Crippen LogP contribution in [0.5, 0.6) is 0 Å². The van der Waals surface area contributed by atoms with Gasteiger partial charge in [-0.1, -0.05) is 19.3 Å². The van der Waals surface area contributed by atoms with E-state index >= 15 is 0 Å². The number of rotatable bonds is 10. The number of hydrogen-bond donors (Lipinski definition) is 1. The molecule has 0 saturated carbocycles. The normalized spacial score (nSPS) is 21.0. The molecule has 0 unspecified atom stereocenters. The van der Waals surface area contributed by atoms with Gasteiger partial charge >= 0.3 is 11.9 Å². The van der Waals surface area contributed by atoms with Gasteiger partial charge in [-0.3, -0.25) is 9.59 Å². The molecule has 0 bridgehead atoms. The predicted octanol–water partition coefficient (Wildman–Crippen LogP) is 2.62. The molecule has 2 aliphatic heterocycles. The van der Waals surface area contributed by atoms with E-state index in [2.05, 4.69) is 9.80 Å². The fourth-order valence-corrected chi connectivity index (χ4v) is 4.30. The topological polar surface area (TPSA) is 70.1 Å². The van der Waals surface area contributed by atoms with E-state index in [9.17, 15) is 9.59 Å². The summed E-state index contributed by atoms with van der Waals surface area (Å²) >= 11 is 0. The van der Waals surface area contributed by atoms with Crippen LogP contribution in [0.2, 0.25) is 0 Å². The minimum Gasteiger partial charge on any atom is -0.481 e. The fourth-order valence-electron chi connectivity index (χ4n) is 4.30. The van der Waals surface area contributed by atoms with Crippen LogP contribution in [0.25, 0.3) is 0 Å². The first-order valence-corrected chi connectivity index (χ1v) is 10.3. The molecule has 0 radical (unpaired) electrons. The largest absolute Gasteiger partial charge is 0.481 e. The summed E-state index contributed by atoms with van der Waals surface area (Å²) in [5, 5.41) is 8.77. The number of aliphatic carboxylic acids is 1. The number of piperidine rings is 2. The minimum atomic E-state index is -0.691. The van der Waals surface area contributed by atoms with E-state index in [0.29, 0.717) is 13.0 Å². The Hall–Kier alpha value is -1.14. The third kappa shape index (κ3) is 8.04. The molecule has 2 rings (SSSR count). The van der Waals surface area contributed by atoms with Crippen LogP contribution in [0.4, 0.5) is 0 Å². The number of nitrogens with zero attached hydrogens (tertiary/aromatic N) is 2. The molecule has 0 spiro atoms. The highest BCUT2D eigenvalue weighted by Crippen LogP contribution is 2.27. The molecule has 6 heteroatoms. The van der Waals surface area contributed by atoms with Crippen molar-refractivity contribution in [1.29, 1.82) is 0 Å². The first-order chi connectivity index (χ1) is 12.6. The average Bonchev–Trinajstić information content (AvgIpc) is 2.66. The second-order valence-electron chi connectivity index (χ2n) is 7.97. The molecule has 0 aromatic carbocycles. The first-order valence-electron chi connectivity index (χ1n) is 10.3. The van der Waals surface area contributed by atoms with Crippen LogP contribution in [0.3, 0.4) is 0 Å². The van der Waals surface area contributed by atoms with Gasteiger partial charge in [-0.15, -0.1) is 0 Å². The van der Waals surface area contributed by atoms with E-state index in [-0.39, 0.29) is 12.4 Å². The first kappa shape index (κ1) is 21.2. The van der Waals surface area contributed by atoms with Crippen LogP contribution in [-0.2, 0) is 14.3 Å². The van der Waals surface area contributed by atoms with Crippen molar-refractivity contribution in [3.8, 4) is 0 Å². The summed E-state index contributed by atoms with van der Waals surface area (Å²) in [4.78, 5) is 26.6. The van der Waals surface area contributed by atoms with Crippen molar-refractivity contribution in [2.45, 2.75) is 57.8 Å². The van der Waals surface area contributed by atoms with Gasteiger partial charge in [0.15, 0.2) is 0 Å². The van der Waals surface area contributed by atoms with Crippen molar-refractivity contribution in [3.63, 3.8) is 0 Å². The lowest BCUT2D eigenvalue weighted by Crippen LogP contribution is -2.36. The number of likely N-dealkylation sites (tertiary alicyclic amines) is 2. The number of carboxylic acids is 1. The zero-order valence-corrected chi connectivity index (χ0v) is 16.3. The molecule has 2 fully saturated rings. The fraction of sp³-hybridized carbons (Fsp3) is 0.900. The van der Waals surface area contributed by atoms with Crippen LogP contribution >= 0.6 is 0 Å². The monoisotopic (exact) mass is 368 g/mol. The van der Waals surface area contributed by atoms with Gasteiger partial charge in [-0.05, 0) is 63.7 Å². The standard InChI is InChI=1S/C20H36N2O4/c1-26-20(25)10-16-22-13-7-18(8-14-22)4-2-3-17-5-11-21(12-6-17)15-9-19(23)24/h17-18H,2-16H2,1H3,(H,23,24). The Balaban J connectivity index is 1.49. The van der Waals surface area contributed by atoms with Gasteiger partial charge in [0.05, 0.1) is 20.0 Å². The number of hydrogen-bond acceptors (Lipinski definition) is 5. The minimum absolute atomic E-state index is 0.110. The Kier molecular flexibility index (Phi) is 9.40. The Bertz CT molecular complexity index is 428. The van der Waals surface area contributed by atoms with Crippen LogP contribution < -0.4 is 0 Å². The molecule has 2 saturated heterocycles. The molecule has 0 aliphatic carbocycles. The summed E-state index contributed by atoms with van der Waals surface area (Å²) in [7, 11) is 1.45. The molecule has 0 aromatic heterocycles. The lowest BCUT2D eigenvalue weighted by atomic mass is 9.87. The summed E-state index contributed by atoms with van der Waals surface area (Å²) in [6.07, 6.45) is 9.74. The van der Waals surface area contributed by atoms with Crippen molar-refractivity contribution in [2.75, 3.05) is 46.4 Å². The second kappa shape index (κ2) is 11.5. The zero-order valence-electron chi connectivity index (χ0n) is 16.3. The smallest absolute Gasteiger partial charge is 0.306 e. The van der Waals surface area contributed by atoms with Gasteiger partial charge in [0.1, 0.15) is 0 Å². The summed E-state index contributed by atoms with van der Waals surface area (Å²) in [5.41, 5.74) is 0. The number of methoxy groups -OCH3 is 1. The molecule has 2 aliphatic rings. The van der Waals surface area contributed by atoms with E-state index in [1.165, 1.54) is 52.1 Å². The van der Waals surface area contributed by atoms with Crippen LogP contribution in [0.1, 0.15) is 57.8 Å². The van der Waals surface area contributed by atoms with Crippen molar-refractivity contribution in [3.05, 3.63) is 0 Å². The van der Waals surface area contributed by atoms with Crippen molar-refractivity contribution in [1.82, 2.24) is 9.80 Å². The van der Waals surface area contributed by atoms with Gasteiger partial charge in [0.25, 0.3) is 0 Å². The number of carbonyl (C=O) groups excluding carboxylic acids is 1. The van der Waals surface area contributed by atoms with Crippen molar-refractivity contribution >= 4 is 11.9 Å². The van der Waals surface area contributed by atoms with Crippen LogP contribution in [0.15, 0.2) is 0 Å². The van der Waals surface area contributed by atoms with E-state index in [1.54, 1.807) is 0 Å². The maximum absolute atomic E-state index is 11.2. The molecule has 2 heterocycles. The number of carboxylic acid groups (broad SMARTS) is 1. The zero-order chi connectivity index (χ0) is 18.8. The van der Waals surface area contributed by atoms with Crippen LogP contribution in [-0.4, -0.2) is 73.2 Å². The Morgan fingerprint density at radius 3 is 1.77 bits per heavy atom.